The van der Waals surface area contributed by atoms with Crippen molar-refractivity contribution in [1.29, 1.82) is 0 Å². The lowest BCUT2D eigenvalue weighted by Gasteiger charge is -2.17. The summed E-state index contributed by atoms with van der Waals surface area (Å²) in [5, 5.41) is 8.77. The summed E-state index contributed by atoms with van der Waals surface area (Å²) in [5.41, 5.74) is 0. The van der Waals surface area contributed by atoms with E-state index in [1.807, 2.05) is 0 Å². The number of nitrogens with zero attached hydrogens (tertiary/aromatic N) is 3. The molecule has 0 unspecified atom stereocenters. The van der Waals surface area contributed by atoms with Gasteiger partial charge in [0.05, 0.1) is 12.9 Å². The zero-order valence-electron chi connectivity index (χ0n) is 8.79. The van der Waals surface area contributed by atoms with Crippen LogP contribution in [0.25, 0.3) is 0 Å². The number of aliphatic hydroxyl groups is 1. The molecule has 86 valence electrons. The van der Waals surface area contributed by atoms with E-state index in [2.05, 4.69) is 4.98 Å². The number of hydrogen-bond acceptors (Lipinski definition) is 4. The molecule has 7 heteroatoms. The Morgan fingerprint density at radius 2 is 2.27 bits per heavy atom. The maximum atomic E-state index is 11.9. The van der Waals surface area contributed by atoms with E-state index in [1.165, 1.54) is 16.8 Å². The molecule has 0 aliphatic rings. The predicted molar refractivity (Wildman–Crippen MR) is 54.7 cm³/mol. The van der Waals surface area contributed by atoms with Crippen LogP contribution in [0.3, 0.4) is 0 Å². The lowest BCUT2D eigenvalue weighted by Crippen LogP contribution is -2.33. The summed E-state index contributed by atoms with van der Waals surface area (Å²) in [6, 6.07) is 0. The Hall–Kier alpha value is -0.920. The van der Waals surface area contributed by atoms with Crippen LogP contribution in [0.2, 0.25) is 0 Å². The van der Waals surface area contributed by atoms with E-state index < -0.39 is 10.0 Å². The normalized spacial score (nSPS) is 12.3. The molecule has 6 nitrogen and oxygen atoms in total. The molecule has 1 N–H and O–H groups in total. The lowest BCUT2D eigenvalue weighted by molar-refractivity contribution is 0.257. The Kier molecular flexibility index (Phi) is 3.83. The highest BCUT2D eigenvalue weighted by atomic mass is 32.2. The van der Waals surface area contributed by atoms with Gasteiger partial charge in [0.1, 0.15) is 0 Å². The number of aromatic nitrogens is 2. The number of aliphatic hydroxyl groups excluding tert-OH is 1. The zero-order chi connectivity index (χ0) is 11.5. The molecule has 1 aromatic rings. The Morgan fingerprint density at radius 1 is 1.60 bits per heavy atom. The quantitative estimate of drug-likeness (QED) is 0.738. The zero-order valence-corrected chi connectivity index (χ0v) is 9.61. The smallest absolute Gasteiger partial charge is 0.262 e. The van der Waals surface area contributed by atoms with Gasteiger partial charge in [0, 0.05) is 26.3 Å². The maximum Gasteiger partial charge on any atom is 0.262 e. The first-order valence-electron chi connectivity index (χ1n) is 4.61. The third kappa shape index (κ3) is 2.55. The molecule has 0 aromatic carbocycles. The van der Waals surface area contributed by atoms with Crippen LogP contribution in [0, 0.1) is 0 Å². The van der Waals surface area contributed by atoms with Gasteiger partial charge in [-0.3, -0.25) is 0 Å². The summed E-state index contributed by atoms with van der Waals surface area (Å²) in [6.45, 7) is 1.94. The minimum absolute atomic E-state index is 0.0142. The van der Waals surface area contributed by atoms with Gasteiger partial charge in [-0.1, -0.05) is 6.92 Å². The second kappa shape index (κ2) is 4.73. The van der Waals surface area contributed by atoms with Crippen LogP contribution < -0.4 is 0 Å². The fraction of sp³-hybridized carbons (Fsp3) is 0.625. The van der Waals surface area contributed by atoms with Gasteiger partial charge in [-0.15, -0.1) is 0 Å². The minimum Gasteiger partial charge on any atom is -0.395 e. The number of hydrogen-bond donors (Lipinski definition) is 1. The maximum absolute atomic E-state index is 11.9. The van der Waals surface area contributed by atoms with Crippen molar-refractivity contribution >= 4 is 10.0 Å². The summed E-state index contributed by atoms with van der Waals surface area (Å²) in [6.07, 6.45) is 2.87. The van der Waals surface area contributed by atoms with Crippen molar-refractivity contribution in [2.45, 2.75) is 11.9 Å². The van der Waals surface area contributed by atoms with Gasteiger partial charge in [-0.2, -0.15) is 4.31 Å². The largest absolute Gasteiger partial charge is 0.395 e. The number of rotatable bonds is 5. The topological polar surface area (TPSA) is 75.4 Å². The Labute approximate surface area is 89.2 Å². The first-order valence-corrected chi connectivity index (χ1v) is 6.05. The third-order valence-electron chi connectivity index (χ3n) is 1.99. The first-order chi connectivity index (χ1) is 7.02. The molecule has 1 heterocycles. The van der Waals surface area contributed by atoms with E-state index in [4.69, 9.17) is 5.11 Å². The number of imidazole rings is 1. The Balaban J connectivity index is 3.00. The molecule has 0 aliphatic carbocycles. The van der Waals surface area contributed by atoms with E-state index in [0.29, 0.717) is 6.54 Å². The highest BCUT2D eigenvalue weighted by molar-refractivity contribution is 7.89. The van der Waals surface area contributed by atoms with Gasteiger partial charge < -0.3 is 9.67 Å². The van der Waals surface area contributed by atoms with Crippen molar-refractivity contribution in [3.63, 3.8) is 0 Å². The predicted octanol–water partition coefficient (Wildman–Crippen LogP) is -0.577. The standard InChI is InChI=1S/C8H15N3O3S/c1-3-11(4-5-12)15(13,14)8-6-10(2)7-9-8/h6-7,12H,3-5H2,1-2H3. The SMILES string of the molecule is CCN(CCO)S(=O)(=O)c1cn(C)cn1. The molecule has 0 amide bonds. The molecule has 0 saturated heterocycles. The monoisotopic (exact) mass is 233 g/mol. The Bertz CT molecular complexity index is 413. The van der Waals surface area contributed by atoms with Gasteiger partial charge in [-0.25, -0.2) is 13.4 Å². The summed E-state index contributed by atoms with van der Waals surface area (Å²) < 4.78 is 26.6. The summed E-state index contributed by atoms with van der Waals surface area (Å²) in [7, 11) is -1.85. The summed E-state index contributed by atoms with van der Waals surface area (Å²) >= 11 is 0. The number of sulfonamides is 1. The van der Waals surface area contributed by atoms with Crippen LogP contribution in [-0.2, 0) is 17.1 Å². The van der Waals surface area contributed by atoms with E-state index in [1.54, 1.807) is 18.5 Å². The first kappa shape index (κ1) is 12.2. The fourth-order valence-electron chi connectivity index (χ4n) is 1.21. The van der Waals surface area contributed by atoms with Gasteiger partial charge in [0.15, 0.2) is 5.03 Å². The minimum atomic E-state index is -3.55. The molecule has 1 aromatic heterocycles. The molecule has 0 fully saturated rings. The second-order valence-electron chi connectivity index (χ2n) is 3.10. The van der Waals surface area contributed by atoms with E-state index >= 15 is 0 Å². The van der Waals surface area contributed by atoms with Gasteiger partial charge >= 0.3 is 0 Å². The molecular formula is C8H15N3O3S. The van der Waals surface area contributed by atoms with Crippen LogP contribution in [-0.4, -0.2) is 47.1 Å². The van der Waals surface area contributed by atoms with Crippen LogP contribution in [0.15, 0.2) is 17.6 Å². The van der Waals surface area contributed by atoms with Crippen molar-refractivity contribution in [2.24, 2.45) is 7.05 Å². The van der Waals surface area contributed by atoms with E-state index in [0.717, 1.165) is 0 Å². The van der Waals surface area contributed by atoms with Crippen LogP contribution in [0.4, 0.5) is 0 Å². The molecular weight excluding hydrogens is 218 g/mol. The van der Waals surface area contributed by atoms with Gasteiger partial charge in [0.2, 0.25) is 0 Å². The average Bonchev–Trinajstić information content (AvgIpc) is 2.61. The van der Waals surface area contributed by atoms with Crippen LogP contribution in [0.1, 0.15) is 6.92 Å². The molecule has 0 bridgehead atoms. The number of likely N-dealkylation sites (N-methyl/N-ethyl adjacent to an activating group) is 1. The van der Waals surface area contributed by atoms with Gasteiger partial charge in [-0.05, 0) is 0 Å². The fourth-order valence-corrected chi connectivity index (χ4v) is 2.62. The van der Waals surface area contributed by atoms with Gasteiger partial charge in [0.25, 0.3) is 10.0 Å². The van der Waals surface area contributed by atoms with Crippen molar-refractivity contribution in [3.8, 4) is 0 Å². The molecule has 0 atom stereocenters. The highest BCUT2D eigenvalue weighted by Crippen LogP contribution is 2.11. The van der Waals surface area contributed by atoms with Crippen molar-refractivity contribution in [3.05, 3.63) is 12.5 Å². The summed E-state index contributed by atoms with van der Waals surface area (Å²) in [4.78, 5) is 3.79. The van der Waals surface area contributed by atoms with E-state index in [-0.39, 0.29) is 18.2 Å². The van der Waals surface area contributed by atoms with Crippen molar-refractivity contribution in [1.82, 2.24) is 13.9 Å². The van der Waals surface area contributed by atoms with Crippen molar-refractivity contribution in [2.75, 3.05) is 19.7 Å². The molecule has 0 saturated carbocycles. The third-order valence-corrected chi connectivity index (χ3v) is 3.85. The molecule has 0 radical (unpaired) electrons. The van der Waals surface area contributed by atoms with Crippen LogP contribution >= 0.6 is 0 Å². The van der Waals surface area contributed by atoms with Crippen LogP contribution in [0.5, 0.6) is 0 Å². The molecule has 0 spiro atoms. The Morgan fingerprint density at radius 3 is 2.67 bits per heavy atom. The molecule has 15 heavy (non-hydrogen) atoms. The highest BCUT2D eigenvalue weighted by Gasteiger charge is 2.24. The average molecular weight is 233 g/mol. The number of aryl methyl sites for hydroxylation is 1. The molecule has 0 aliphatic heterocycles. The molecule has 1 rings (SSSR count). The van der Waals surface area contributed by atoms with E-state index in [9.17, 15) is 8.42 Å². The van der Waals surface area contributed by atoms with Crippen molar-refractivity contribution < 1.29 is 13.5 Å². The second-order valence-corrected chi connectivity index (χ2v) is 4.98. The lowest BCUT2D eigenvalue weighted by atomic mass is 10.6. The summed E-state index contributed by atoms with van der Waals surface area (Å²) in [5.74, 6) is 0.